The van der Waals surface area contributed by atoms with Crippen LogP contribution >= 0.6 is 0 Å². The molecule has 0 spiro atoms. The molecule has 0 bridgehead atoms. The molecule has 1 aliphatic heterocycles. The third-order valence-electron chi connectivity index (χ3n) is 4.26. The van der Waals surface area contributed by atoms with E-state index in [1.54, 1.807) is 0 Å². The summed E-state index contributed by atoms with van der Waals surface area (Å²) in [6, 6.07) is 0. The average Bonchev–Trinajstić information content (AvgIpc) is 2.74. The number of hydrogen-bond acceptors (Lipinski definition) is 2. The lowest BCUT2D eigenvalue weighted by Crippen LogP contribution is -2.37. The number of hydrogen-bond donors (Lipinski definition) is 0. The molecular formula is C14H27NO. The lowest BCUT2D eigenvalue weighted by atomic mass is 9.83. The van der Waals surface area contributed by atoms with Gasteiger partial charge in [-0.25, -0.2) is 0 Å². The first-order valence-corrected chi connectivity index (χ1v) is 6.88. The molecule has 0 aliphatic carbocycles. The molecule has 0 aromatic rings. The van der Waals surface area contributed by atoms with Crippen LogP contribution in [0.15, 0.2) is 0 Å². The molecule has 1 unspecified atom stereocenters. The molecule has 1 aliphatic rings. The van der Waals surface area contributed by atoms with Gasteiger partial charge < -0.3 is 9.69 Å². The van der Waals surface area contributed by atoms with Gasteiger partial charge in [-0.05, 0) is 38.1 Å². The zero-order valence-corrected chi connectivity index (χ0v) is 11.2. The molecule has 0 radical (unpaired) electrons. The highest BCUT2D eigenvalue weighted by atomic mass is 16.1. The van der Waals surface area contributed by atoms with Crippen molar-refractivity contribution in [2.75, 3.05) is 19.6 Å². The normalized spacial score (nSPS) is 22.6. The molecule has 94 valence electrons. The highest BCUT2D eigenvalue weighted by Crippen LogP contribution is 2.29. The smallest absolute Gasteiger partial charge is 0.127 e. The van der Waals surface area contributed by atoms with E-state index in [1.165, 1.54) is 38.6 Å². The molecule has 0 aromatic carbocycles. The summed E-state index contributed by atoms with van der Waals surface area (Å²) in [7, 11) is 0. The summed E-state index contributed by atoms with van der Waals surface area (Å²) in [4.78, 5) is 13.8. The molecule has 1 heterocycles. The van der Waals surface area contributed by atoms with Crippen LogP contribution in [0.5, 0.6) is 0 Å². The van der Waals surface area contributed by atoms with Crippen molar-refractivity contribution in [3.63, 3.8) is 0 Å². The lowest BCUT2D eigenvalue weighted by Gasteiger charge is -2.30. The molecule has 0 N–H and O–H groups in total. The number of carbonyl (C=O) groups excluding carboxylic acids is 1. The van der Waals surface area contributed by atoms with Crippen molar-refractivity contribution in [1.29, 1.82) is 0 Å². The van der Waals surface area contributed by atoms with Crippen LogP contribution in [0.25, 0.3) is 0 Å². The predicted molar refractivity (Wildman–Crippen MR) is 68.5 cm³/mol. The molecular weight excluding hydrogens is 198 g/mol. The van der Waals surface area contributed by atoms with E-state index in [2.05, 4.69) is 25.7 Å². The van der Waals surface area contributed by atoms with Gasteiger partial charge in [0.05, 0.1) is 0 Å². The molecule has 0 saturated carbocycles. The van der Waals surface area contributed by atoms with E-state index < -0.39 is 0 Å². The Bertz CT molecular complexity index is 211. The minimum Gasteiger partial charge on any atom is -0.303 e. The first-order valence-electron chi connectivity index (χ1n) is 6.88. The van der Waals surface area contributed by atoms with Crippen molar-refractivity contribution in [1.82, 2.24) is 4.90 Å². The third kappa shape index (κ3) is 3.31. The predicted octanol–water partition coefficient (Wildman–Crippen LogP) is 3.11. The standard InChI is InChI=1S/C14H27NO/c1-4-7-13-8-9-15(10-13)11-14(5-2,6-3)12-16/h12-13H,4-11H2,1-3H3. The Morgan fingerprint density at radius 3 is 2.50 bits per heavy atom. The van der Waals surface area contributed by atoms with Gasteiger partial charge in [-0.1, -0.05) is 27.2 Å². The highest BCUT2D eigenvalue weighted by molar-refractivity contribution is 5.59. The molecule has 0 amide bonds. The van der Waals surface area contributed by atoms with Crippen LogP contribution in [-0.4, -0.2) is 30.8 Å². The Morgan fingerprint density at radius 2 is 2.00 bits per heavy atom. The van der Waals surface area contributed by atoms with E-state index in [4.69, 9.17) is 0 Å². The Kier molecular flexibility index (Phi) is 5.47. The Morgan fingerprint density at radius 1 is 1.31 bits per heavy atom. The average molecular weight is 225 g/mol. The molecule has 2 heteroatoms. The van der Waals surface area contributed by atoms with Crippen LogP contribution < -0.4 is 0 Å². The second-order valence-electron chi connectivity index (χ2n) is 5.37. The summed E-state index contributed by atoms with van der Waals surface area (Å²) >= 11 is 0. The van der Waals surface area contributed by atoms with Gasteiger partial charge >= 0.3 is 0 Å². The van der Waals surface area contributed by atoms with Crippen LogP contribution in [0.1, 0.15) is 52.9 Å². The van der Waals surface area contributed by atoms with Crippen LogP contribution in [0, 0.1) is 11.3 Å². The minimum atomic E-state index is -0.0822. The van der Waals surface area contributed by atoms with E-state index in [9.17, 15) is 4.79 Å². The van der Waals surface area contributed by atoms with E-state index in [1.807, 2.05) is 0 Å². The zero-order valence-electron chi connectivity index (χ0n) is 11.2. The quantitative estimate of drug-likeness (QED) is 0.620. The second kappa shape index (κ2) is 6.39. The van der Waals surface area contributed by atoms with Crippen LogP contribution in [-0.2, 0) is 4.79 Å². The van der Waals surface area contributed by atoms with E-state index in [0.717, 1.165) is 25.3 Å². The monoisotopic (exact) mass is 225 g/mol. The van der Waals surface area contributed by atoms with Crippen LogP contribution in [0.2, 0.25) is 0 Å². The fourth-order valence-corrected chi connectivity index (χ4v) is 2.82. The van der Waals surface area contributed by atoms with Gasteiger partial charge in [-0.3, -0.25) is 0 Å². The maximum atomic E-state index is 11.3. The van der Waals surface area contributed by atoms with E-state index in [-0.39, 0.29) is 5.41 Å². The first-order chi connectivity index (χ1) is 7.69. The van der Waals surface area contributed by atoms with Gasteiger partial charge in [0, 0.05) is 18.5 Å². The summed E-state index contributed by atoms with van der Waals surface area (Å²) in [5, 5.41) is 0. The number of aldehydes is 1. The van der Waals surface area contributed by atoms with Crippen LogP contribution in [0.4, 0.5) is 0 Å². The summed E-state index contributed by atoms with van der Waals surface area (Å²) in [5.41, 5.74) is -0.0822. The van der Waals surface area contributed by atoms with Crippen molar-refractivity contribution in [2.24, 2.45) is 11.3 Å². The Labute approximate surface area is 100 Å². The van der Waals surface area contributed by atoms with Gasteiger partial charge in [0.1, 0.15) is 6.29 Å². The Hall–Kier alpha value is -0.370. The van der Waals surface area contributed by atoms with Crippen molar-refractivity contribution < 1.29 is 4.79 Å². The second-order valence-corrected chi connectivity index (χ2v) is 5.37. The first kappa shape index (κ1) is 13.7. The summed E-state index contributed by atoms with van der Waals surface area (Å²) in [6.45, 7) is 9.92. The number of carbonyl (C=O) groups is 1. The van der Waals surface area contributed by atoms with Crippen molar-refractivity contribution >= 4 is 6.29 Å². The topological polar surface area (TPSA) is 20.3 Å². The fraction of sp³-hybridized carbons (Fsp3) is 0.929. The van der Waals surface area contributed by atoms with Crippen molar-refractivity contribution in [3.8, 4) is 0 Å². The summed E-state index contributed by atoms with van der Waals surface area (Å²) < 4.78 is 0. The lowest BCUT2D eigenvalue weighted by molar-refractivity contribution is -0.117. The van der Waals surface area contributed by atoms with Crippen molar-refractivity contribution in [3.05, 3.63) is 0 Å². The maximum absolute atomic E-state index is 11.3. The molecule has 1 saturated heterocycles. The summed E-state index contributed by atoms with van der Waals surface area (Å²) in [5.74, 6) is 0.878. The molecule has 1 fully saturated rings. The molecule has 1 atom stereocenters. The SMILES string of the molecule is CCCC1CCN(CC(C=O)(CC)CC)C1. The highest BCUT2D eigenvalue weighted by Gasteiger charge is 2.31. The largest absolute Gasteiger partial charge is 0.303 e. The Balaban J connectivity index is 2.45. The van der Waals surface area contributed by atoms with Gasteiger partial charge in [0.2, 0.25) is 0 Å². The third-order valence-corrected chi connectivity index (χ3v) is 4.26. The molecule has 16 heavy (non-hydrogen) atoms. The zero-order chi connectivity index (χ0) is 12.0. The van der Waals surface area contributed by atoms with Gasteiger partial charge in [0.25, 0.3) is 0 Å². The van der Waals surface area contributed by atoms with Gasteiger partial charge in [0.15, 0.2) is 0 Å². The van der Waals surface area contributed by atoms with E-state index >= 15 is 0 Å². The van der Waals surface area contributed by atoms with Gasteiger partial charge in [-0.2, -0.15) is 0 Å². The molecule has 2 nitrogen and oxygen atoms in total. The van der Waals surface area contributed by atoms with Crippen LogP contribution in [0.3, 0.4) is 0 Å². The summed E-state index contributed by atoms with van der Waals surface area (Å²) in [6.07, 6.45) is 7.11. The van der Waals surface area contributed by atoms with Gasteiger partial charge in [-0.15, -0.1) is 0 Å². The number of nitrogens with zero attached hydrogens (tertiary/aromatic N) is 1. The van der Waals surface area contributed by atoms with E-state index in [0.29, 0.717) is 0 Å². The number of rotatable bonds is 7. The minimum absolute atomic E-state index is 0.0822. The number of likely N-dealkylation sites (tertiary alicyclic amines) is 1. The fourth-order valence-electron chi connectivity index (χ4n) is 2.82. The van der Waals surface area contributed by atoms with Crippen molar-refractivity contribution in [2.45, 2.75) is 52.9 Å². The molecule has 1 rings (SSSR count). The molecule has 0 aromatic heterocycles. The maximum Gasteiger partial charge on any atom is 0.127 e.